The van der Waals surface area contributed by atoms with Crippen LogP contribution in [0.25, 0.3) is 0 Å². The van der Waals surface area contributed by atoms with Gasteiger partial charge in [-0.05, 0) is 37.8 Å². The molecule has 1 aliphatic carbocycles. The SMILES string of the molecule is Cc1ccc(F)cc1O[C@@H]1CCC[C@@H](O)[C@H]1O. The van der Waals surface area contributed by atoms with Gasteiger partial charge in [0, 0.05) is 6.07 Å². The van der Waals surface area contributed by atoms with Gasteiger partial charge in [-0.3, -0.25) is 0 Å². The summed E-state index contributed by atoms with van der Waals surface area (Å²) in [7, 11) is 0. The lowest BCUT2D eigenvalue weighted by Gasteiger charge is -2.32. The van der Waals surface area contributed by atoms with Crippen molar-refractivity contribution in [3.05, 3.63) is 29.6 Å². The predicted molar refractivity (Wildman–Crippen MR) is 61.4 cm³/mol. The summed E-state index contributed by atoms with van der Waals surface area (Å²) in [5.41, 5.74) is 0.818. The predicted octanol–water partition coefficient (Wildman–Crippen LogP) is 1.79. The number of halogens is 1. The third-order valence-corrected chi connectivity index (χ3v) is 3.19. The average Bonchev–Trinajstić information content (AvgIpc) is 2.30. The normalized spacial score (nSPS) is 29.1. The number of hydrogen-bond acceptors (Lipinski definition) is 3. The molecule has 0 heterocycles. The summed E-state index contributed by atoms with van der Waals surface area (Å²) in [5, 5.41) is 19.3. The molecule has 2 rings (SSSR count). The number of aryl methyl sites for hydroxylation is 1. The molecule has 17 heavy (non-hydrogen) atoms. The lowest BCUT2D eigenvalue weighted by atomic mass is 9.92. The van der Waals surface area contributed by atoms with E-state index in [-0.39, 0.29) is 5.82 Å². The maximum atomic E-state index is 13.1. The van der Waals surface area contributed by atoms with Crippen LogP contribution in [0.2, 0.25) is 0 Å². The highest BCUT2D eigenvalue weighted by Crippen LogP contribution is 2.26. The highest BCUT2D eigenvalue weighted by Gasteiger charge is 2.32. The molecule has 0 amide bonds. The van der Waals surface area contributed by atoms with E-state index in [1.807, 2.05) is 6.92 Å². The Bertz CT molecular complexity index is 394. The molecule has 1 aromatic rings. The third-order valence-electron chi connectivity index (χ3n) is 3.19. The molecule has 0 aliphatic heterocycles. The van der Waals surface area contributed by atoms with Crippen molar-refractivity contribution in [1.82, 2.24) is 0 Å². The summed E-state index contributed by atoms with van der Waals surface area (Å²) in [4.78, 5) is 0. The van der Waals surface area contributed by atoms with Gasteiger partial charge in [0.1, 0.15) is 23.8 Å². The van der Waals surface area contributed by atoms with E-state index in [9.17, 15) is 14.6 Å². The molecule has 0 spiro atoms. The van der Waals surface area contributed by atoms with Gasteiger partial charge in [0.05, 0.1) is 6.10 Å². The fourth-order valence-corrected chi connectivity index (χ4v) is 2.11. The molecule has 0 saturated heterocycles. The van der Waals surface area contributed by atoms with Gasteiger partial charge in [-0.25, -0.2) is 4.39 Å². The summed E-state index contributed by atoms with van der Waals surface area (Å²) in [6, 6.07) is 4.31. The molecule has 0 aromatic heterocycles. The maximum absolute atomic E-state index is 13.1. The first-order valence-corrected chi connectivity index (χ1v) is 5.87. The van der Waals surface area contributed by atoms with E-state index in [1.165, 1.54) is 12.1 Å². The van der Waals surface area contributed by atoms with E-state index in [2.05, 4.69) is 0 Å². The van der Waals surface area contributed by atoms with Gasteiger partial charge in [0.2, 0.25) is 0 Å². The van der Waals surface area contributed by atoms with Crippen LogP contribution in [0.3, 0.4) is 0 Å². The van der Waals surface area contributed by atoms with Gasteiger partial charge in [-0.15, -0.1) is 0 Å². The monoisotopic (exact) mass is 240 g/mol. The molecule has 2 N–H and O–H groups in total. The molecular weight excluding hydrogens is 223 g/mol. The Labute approximate surface area is 99.8 Å². The largest absolute Gasteiger partial charge is 0.487 e. The Morgan fingerprint density at radius 1 is 1.29 bits per heavy atom. The van der Waals surface area contributed by atoms with Gasteiger partial charge in [-0.2, -0.15) is 0 Å². The second kappa shape index (κ2) is 5.02. The Balaban J connectivity index is 2.11. The van der Waals surface area contributed by atoms with Crippen LogP contribution in [0, 0.1) is 12.7 Å². The Kier molecular flexibility index (Phi) is 3.64. The fourth-order valence-electron chi connectivity index (χ4n) is 2.11. The first kappa shape index (κ1) is 12.3. The van der Waals surface area contributed by atoms with Crippen molar-refractivity contribution in [2.45, 2.75) is 44.5 Å². The Morgan fingerprint density at radius 2 is 2.06 bits per heavy atom. The maximum Gasteiger partial charge on any atom is 0.127 e. The smallest absolute Gasteiger partial charge is 0.127 e. The fraction of sp³-hybridized carbons (Fsp3) is 0.538. The van der Waals surface area contributed by atoms with Crippen LogP contribution in [-0.4, -0.2) is 28.5 Å². The van der Waals surface area contributed by atoms with Crippen LogP contribution in [0.1, 0.15) is 24.8 Å². The van der Waals surface area contributed by atoms with Crippen molar-refractivity contribution >= 4 is 0 Å². The van der Waals surface area contributed by atoms with Crippen molar-refractivity contribution in [2.24, 2.45) is 0 Å². The molecule has 1 fully saturated rings. The van der Waals surface area contributed by atoms with E-state index < -0.39 is 18.3 Å². The minimum absolute atomic E-state index is 0.364. The number of benzene rings is 1. The molecule has 4 heteroatoms. The van der Waals surface area contributed by atoms with Crippen molar-refractivity contribution in [3.63, 3.8) is 0 Å². The van der Waals surface area contributed by atoms with Gasteiger partial charge in [0.15, 0.2) is 0 Å². The van der Waals surface area contributed by atoms with Crippen molar-refractivity contribution < 1.29 is 19.3 Å². The molecule has 0 unspecified atom stereocenters. The second-order valence-corrected chi connectivity index (χ2v) is 4.55. The van der Waals surface area contributed by atoms with E-state index in [4.69, 9.17) is 4.74 Å². The van der Waals surface area contributed by atoms with Crippen LogP contribution in [0.4, 0.5) is 4.39 Å². The molecule has 1 aromatic carbocycles. The topological polar surface area (TPSA) is 49.7 Å². The van der Waals surface area contributed by atoms with Crippen LogP contribution >= 0.6 is 0 Å². The lowest BCUT2D eigenvalue weighted by molar-refractivity contribution is -0.0747. The molecule has 3 atom stereocenters. The summed E-state index contributed by atoms with van der Waals surface area (Å²) in [6.45, 7) is 1.82. The molecule has 94 valence electrons. The molecule has 1 aliphatic rings. The summed E-state index contributed by atoms with van der Waals surface area (Å²) in [5.74, 6) is 0.0691. The molecule has 1 saturated carbocycles. The summed E-state index contributed by atoms with van der Waals surface area (Å²) < 4.78 is 18.7. The zero-order valence-electron chi connectivity index (χ0n) is 9.77. The van der Waals surface area contributed by atoms with Crippen LogP contribution in [0.15, 0.2) is 18.2 Å². The number of hydrogen-bond donors (Lipinski definition) is 2. The highest BCUT2D eigenvalue weighted by molar-refractivity contribution is 5.33. The van der Waals surface area contributed by atoms with Crippen LogP contribution in [-0.2, 0) is 0 Å². The minimum Gasteiger partial charge on any atom is -0.487 e. The number of ether oxygens (including phenoxy) is 1. The van der Waals surface area contributed by atoms with Gasteiger partial charge in [0.25, 0.3) is 0 Å². The summed E-state index contributed by atoms with van der Waals surface area (Å²) >= 11 is 0. The number of rotatable bonds is 2. The van der Waals surface area contributed by atoms with E-state index in [1.54, 1.807) is 6.07 Å². The number of aliphatic hydroxyl groups is 2. The zero-order chi connectivity index (χ0) is 12.4. The van der Waals surface area contributed by atoms with Gasteiger partial charge >= 0.3 is 0 Å². The molecule has 3 nitrogen and oxygen atoms in total. The van der Waals surface area contributed by atoms with Gasteiger partial charge < -0.3 is 14.9 Å². The first-order chi connectivity index (χ1) is 8.08. The van der Waals surface area contributed by atoms with Gasteiger partial charge in [-0.1, -0.05) is 6.07 Å². The van der Waals surface area contributed by atoms with Crippen LogP contribution in [0.5, 0.6) is 5.75 Å². The van der Waals surface area contributed by atoms with Crippen molar-refractivity contribution in [1.29, 1.82) is 0 Å². The zero-order valence-corrected chi connectivity index (χ0v) is 9.77. The van der Waals surface area contributed by atoms with E-state index in [0.29, 0.717) is 18.6 Å². The summed E-state index contributed by atoms with van der Waals surface area (Å²) in [6.07, 6.45) is -0.0394. The molecule has 0 radical (unpaired) electrons. The van der Waals surface area contributed by atoms with E-state index >= 15 is 0 Å². The average molecular weight is 240 g/mol. The molecule has 0 bridgehead atoms. The Morgan fingerprint density at radius 3 is 2.82 bits per heavy atom. The lowest BCUT2D eigenvalue weighted by Crippen LogP contribution is -2.44. The highest BCUT2D eigenvalue weighted by atomic mass is 19.1. The first-order valence-electron chi connectivity index (χ1n) is 5.87. The number of aliphatic hydroxyl groups excluding tert-OH is 2. The van der Waals surface area contributed by atoms with E-state index in [0.717, 1.165) is 12.0 Å². The van der Waals surface area contributed by atoms with Crippen molar-refractivity contribution in [2.75, 3.05) is 0 Å². The van der Waals surface area contributed by atoms with Crippen LogP contribution < -0.4 is 4.74 Å². The Hall–Kier alpha value is -1.13. The third kappa shape index (κ3) is 2.76. The minimum atomic E-state index is -0.897. The standard InChI is InChI=1S/C13H17FO3/c1-8-5-6-9(14)7-12(8)17-11-4-2-3-10(15)13(11)16/h5-7,10-11,13,15-16H,2-4H2,1H3/t10-,11-,13-/m1/s1. The quantitative estimate of drug-likeness (QED) is 0.828. The van der Waals surface area contributed by atoms with Crippen molar-refractivity contribution in [3.8, 4) is 5.75 Å². The second-order valence-electron chi connectivity index (χ2n) is 4.55. The molecular formula is C13H17FO3.